The lowest BCUT2D eigenvalue weighted by atomic mass is 9.96. The molecule has 2 aliphatic heterocycles. The first-order chi connectivity index (χ1) is 15.2. The topological polar surface area (TPSA) is 70.7 Å². The smallest absolute Gasteiger partial charge is 0.252 e. The van der Waals surface area contributed by atoms with Crippen LogP contribution in [0.1, 0.15) is 41.2 Å². The van der Waals surface area contributed by atoms with Crippen LogP contribution in [0.4, 0.5) is 0 Å². The first-order valence-corrected chi connectivity index (χ1v) is 11.2. The molecule has 0 aromatic heterocycles. The summed E-state index contributed by atoms with van der Waals surface area (Å²) in [6, 6.07) is 17.8. The molecule has 2 aromatic rings. The van der Waals surface area contributed by atoms with Crippen molar-refractivity contribution in [3.8, 4) is 0 Å². The molecular weight excluding hydrogens is 390 g/mol. The second-order valence-corrected chi connectivity index (χ2v) is 8.40. The molecule has 2 aliphatic rings. The third-order valence-electron chi connectivity index (χ3n) is 6.20. The SMILES string of the molecule is O=C(NC(C(=O)N1CCC(COC2CCNC2)CC1)c1ccccc1)c1ccccc1. The maximum Gasteiger partial charge on any atom is 0.252 e. The third-order valence-corrected chi connectivity index (χ3v) is 6.20. The molecule has 2 atom stereocenters. The molecule has 0 bridgehead atoms. The van der Waals surface area contributed by atoms with E-state index in [2.05, 4.69) is 10.6 Å². The maximum absolute atomic E-state index is 13.4. The molecule has 6 heteroatoms. The van der Waals surface area contributed by atoms with Crippen molar-refractivity contribution in [1.29, 1.82) is 0 Å². The molecule has 164 valence electrons. The number of benzene rings is 2. The molecule has 31 heavy (non-hydrogen) atoms. The van der Waals surface area contributed by atoms with E-state index in [-0.39, 0.29) is 11.8 Å². The summed E-state index contributed by atoms with van der Waals surface area (Å²) >= 11 is 0. The zero-order valence-corrected chi connectivity index (χ0v) is 17.8. The van der Waals surface area contributed by atoms with Crippen molar-refractivity contribution < 1.29 is 14.3 Å². The summed E-state index contributed by atoms with van der Waals surface area (Å²) in [4.78, 5) is 28.1. The van der Waals surface area contributed by atoms with Gasteiger partial charge in [0.25, 0.3) is 5.91 Å². The average Bonchev–Trinajstić information content (AvgIpc) is 3.36. The maximum atomic E-state index is 13.4. The summed E-state index contributed by atoms with van der Waals surface area (Å²) in [5.41, 5.74) is 1.35. The second-order valence-electron chi connectivity index (χ2n) is 8.40. The van der Waals surface area contributed by atoms with Gasteiger partial charge in [-0.1, -0.05) is 48.5 Å². The summed E-state index contributed by atoms with van der Waals surface area (Å²) in [5, 5.41) is 6.28. The van der Waals surface area contributed by atoms with E-state index in [4.69, 9.17) is 4.74 Å². The quantitative estimate of drug-likeness (QED) is 0.721. The zero-order valence-electron chi connectivity index (χ0n) is 17.8. The molecule has 2 amide bonds. The molecule has 0 spiro atoms. The van der Waals surface area contributed by atoms with Gasteiger partial charge in [0.15, 0.2) is 0 Å². The van der Waals surface area contributed by atoms with E-state index < -0.39 is 6.04 Å². The molecule has 6 nitrogen and oxygen atoms in total. The van der Waals surface area contributed by atoms with Crippen LogP contribution in [0, 0.1) is 5.92 Å². The number of hydrogen-bond acceptors (Lipinski definition) is 4. The Balaban J connectivity index is 1.37. The molecule has 2 unspecified atom stereocenters. The fraction of sp³-hybridized carbons (Fsp3) is 0.440. The monoisotopic (exact) mass is 421 g/mol. The molecule has 0 aliphatic carbocycles. The number of carbonyl (C=O) groups excluding carboxylic acids is 2. The van der Waals surface area contributed by atoms with Gasteiger partial charge in [-0.15, -0.1) is 0 Å². The Morgan fingerprint density at radius 3 is 2.32 bits per heavy atom. The minimum absolute atomic E-state index is 0.0464. The molecule has 2 aromatic carbocycles. The Labute approximate surface area is 184 Å². The van der Waals surface area contributed by atoms with Crippen LogP contribution in [0.25, 0.3) is 0 Å². The lowest BCUT2D eigenvalue weighted by Gasteiger charge is -2.34. The van der Waals surface area contributed by atoms with Crippen molar-refractivity contribution in [2.75, 3.05) is 32.8 Å². The number of nitrogens with one attached hydrogen (secondary N) is 2. The Morgan fingerprint density at radius 2 is 1.68 bits per heavy atom. The first-order valence-electron chi connectivity index (χ1n) is 11.2. The molecule has 4 rings (SSSR count). The van der Waals surface area contributed by atoms with Crippen molar-refractivity contribution in [3.05, 3.63) is 71.8 Å². The highest BCUT2D eigenvalue weighted by Gasteiger charge is 2.31. The van der Waals surface area contributed by atoms with E-state index in [0.29, 0.717) is 30.7 Å². The van der Waals surface area contributed by atoms with Gasteiger partial charge in [-0.25, -0.2) is 0 Å². The van der Waals surface area contributed by atoms with E-state index in [1.165, 1.54) is 0 Å². The van der Waals surface area contributed by atoms with Crippen LogP contribution in [0.15, 0.2) is 60.7 Å². The zero-order chi connectivity index (χ0) is 21.5. The number of ether oxygens (including phenoxy) is 1. The van der Waals surface area contributed by atoms with Crippen molar-refractivity contribution in [1.82, 2.24) is 15.5 Å². The van der Waals surface area contributed by atoms with Crippen LogP contribution in [-0.4, -0.2) is 55.6 Å². The van der Waals surface area contributed by atoms with Crippen molar-refractivity contribution in [2.24, 2.45) is 5.92 Å². The number of hydrogen-bond donors (Lipinski definition) is 2. The fourth-order valence-electron chi connectivity index (χ4n) is 4.28. The van der Waals surface area contributed by atoms with Gasteiger partial charge in [0.1, 0.15) is 6.04 Å². The highest BCUT2D eigenvalue weighted by Crippen LogP contribution is 2.23. The highest BCUT2D eigenvalue weighted by molar-refractivity contribution is 5.97. The summed E-state index contributed by atoms with van der Waals surface area (Å²) in [6.45, 7) is 4.13. The van der Waals surface area contributed by atoms with Crippen molar-refractivity contribution in [2.45, 2.75) is 31.4 Å². The van der Waals surface area contributed by atoms with Crippen molar-refractivity contribution in [3.63, 3.8) is 0 Å². The minimum Gasteiger partial charge on any atom is -0.377 e. The third kappa shape index (κ3) is 5.71. The van der Waals surface area contributed by atoms with Crippen molar-refractivity contribution >= 4 is 11.8 Å². The van der Waals surface area contributed by atoms with Gasteiger partial charge in [-0.3, -0.25) is 9.59 Å². The number of nitrogens with zero attached hydrogens (tertiary/aromatic N) is 1. The van der Waals surface area contributed by atoms with Crippen LogP contribution in [0.3, 0.4) is 0 Å². The van der Waals surface area contributed by atoms with Crippen LogP contribution in [0.2, 0.25) is 0 Å². The molecule has 2 heterocycles. The van der Waals surface area contributed by atoms with E-state index in [1.54, 1.807) is 12.1 Å². The van der Waals surface area contributed by atoms with Gasteiger partial charge < -0.3 is 20.3 Å². The Kier molecular flexibility index (Phi) is 7.33. The normalized spacial score (nSPS) is 20.4. The van der Waals surface area contributed by atoms with Crippen LogP contribution in [-0.2, 0) is 9.53 Å². The van der Waals surface area contributed by atoms with Gasteiger partial charge in [0.05, 0.1) is 6.10 Å². The molecule has 2 saturated heterocycles. The second kappa shape index (κ2) is 10.6. The lowest BCUT2D eigenvalue weighted by molar-refractivity contribution is -0.135. The van der Waals surface area contributed by atoms with Crippen LogP contribution in [0.5, 0.6) is 0 Å². The number of rotatable bonds is 7. The Morgan fingerprint density at radius 1 is 1.00 bits per heavy atom. The summed E-state index contributed by atoms with van der Waals surface area (Å²) in [6.07, 6.45) is 3.27. The van der Waals surface area contributed by atoms with Crippen LogP contribution < -0.4 is 10.6 Å². The predicted molar refractivity (Wildman–Crippen MR) is 120 cm³/mol. The van der Waals surface area contributed by atoms with Gasteiger partial charge in [-0.05, 0) is 49.4 Å². The standard InChI is InChI=1S/C25H31N3O3/c29-24(21-9-5-2-6-10-21)27-23(20-7-3-1-4-8-20)25(30)28-15-12-19(13-16-28)18-31-22-11-14-26-17-22/h1-10,19,22-23,26H,11-18H2,(H,27,29). The molecular formula is C25H31N3O3. The largest absolute Gasteiger partial charge is 0.377 e. The minimum atomic E-state index is -0.689. The first kappa shape index (κ1) is 21.5. The number of carbonyl (C=O) groups is 2. The molecule has 0 radical (unpaired) electrons. The lowest BCUT2D eigenvalue weighted by Crippen LogP contribution is -2.46. The Bertz CT molecular complexity index is 845. The van der Waals surface area contributed by atoms with Gasteiger partial charge in [0, 0.05) is 31.8 Å². The Hall–Kier alpha value is -2.70. The van der Waals surface area contributed by atoms with Gasteiger partial charge in [0.2, 0.25) is 5.91 Å². The number of amides is 2. The molecule has 0 saturated carbocycles. The summed E-state index contributed by atoms with van der Waals surface area (Å²) in [5.74, 6) is 0.199. The number of likely N-dealkylation sites (tertiary alicyclic amines) is 1. The average molecular weight is 422 g/mol. The summed E-state index contributed by atoms with van der Waals surface area (Å²) in [7, 11) is 0. The van der Waals surface area contributed by atoms with Gasteiger partial charge in [-0.2, -0.15) is 0 Å². The van der Waals surface area contributed by atoms with E-state index in [1.807, 2.05) is 53.4 Å². The van der Waals surface area contributed by atoms with Gasteiger partial charge >= 0.3 is 0 Å². The van der Waals surface area contributed by atoms with E-state index in [0.717, 1.165) is 44.5 Å². The highest BCUT2D eigenvalue weighted by atomic mass is 16.5. The predicted octanol–water partition coefficient (Wildman–Crippen LogP) is 2.77. The molecule has 2 N–H and O–H groups in total. The summed E-state index contributed by atoms with van der Waals surface area (Å²) < 4.78 is 6.03. The number of piperidine rings is 1. The van der Waals surface area contributed by atoms with E-state index in [9.17, 15) is 9.59 Å². The van der Waals surface area contributed by atoms with E-state index >= 15 is 0 Å². The van der Waals surface area contributed by atoms with Crippen LogP contribution >= 0.6 is 0 Å². The molecule has 2 fully saturated rings. The fourth-order valence-corrected chi connectivity index (χ4v) is 4.28.